The van der Waals surface area contributed by atoms with Gasteiger partial charge >= 0.3 is 0 Å². The molecule has 100 valence electrons. The van der Waals surface area contributed by atoms with Crippen molar-refractivity contribution >= 4 is 22.9 Å². The van der Waals surface area contributed by atoms with Gasteiger partial charge in [-0.3, -0.25) is 4.79 Å². The summed E-state index contributed by atoms with van der Waals surface area (Å²) in [4.78, 5) is 18.0. The van der Waals surface area contributed by atoms with Crippen molar-refractivity contribution in [2.75, 3.05) is 11.4 Å². The molecule has 0 bridgehead atoms. The molecular formula is C13H14FN3OS. The van der Waals surface area contributed by atoms with Gasteiger partial charge in [-0.2, -0.15) is 0 Å². The van der Waals surface area contributed by atoms with Crippen molar-refractivity contribution in [3.63, 3.8) is 0 Å². The predicted octanol–water partition coefficient (Wildman–Crippen LogP) is 2.41. The predicted molar refractivity (Wildman–Crippen MR) is 73.8 cm³/mol. The lowest BCUT2D eigenvalue weighted by Crippen LogP contribution is -2.30. The number of hydrogen-bond donors (Lipinski definition) is 1. The van der Waals surface area contributed by atoms with Crippen LogP contribution >= 0.6 is 11.3 Å². The van der Waals surface area contributed by atoms with Gasteiger partial charge in [0, 0.05) is 24.2 Å². The lowest BCUT2D eigenvalue weighted by molar-refractivity contribution is 0.0984. The lowest BCUT2D eigenvalue weighted by atomic mass is 10.2. The second-order valence-electron chi connectivity index (χ2n) is 3.86. The van der Waals surface area contributed by atoms with Crippen LogP contribution in [0.3, 0.4) is 0 Å². The number of amides is 1. The Hall–Kier alpha value is -1.79. The molecular weight excluding hydrogens is 265 g/mol. The number of benzene rings is 1. The van der Waals surface area contributed by atoms with Gasteiger partial charge in [0.2, 0.25) is 0 Å². The van der Waals surface area contributed by atoms with Gasteiger partial charge in [-0.1, -0.05) is 0 Å². The number of aromatic nitrogens is 1. The van der Waals surface area contributed by atoms with Gasteiger partial charge in [0.25, 0.3) is 5.91 Å². The van der Waals surface area contributed by atoms with E-state index >= 15 is 0 Å². The summed E-state index contributed by atoms with van der Waals surface area (Å²) in [6.07, 6.45) is 0. The average Bonchev–Trinajstić information content (AvgIpc) is 2.90. The summed E-state index contributed by atoms with van der Waals surface area (Å²) >= 11 is 1.36. The highest BCUT2D eigenvalue weighted by molar-refractivity contribution is 7.09. The smallest absolute Gasteiger partial charge is 0.277 e. The van der Waals surface area contributed by atoms with E-state index in [1.807, 2.05) is 6.92 Å². The SMILES string of the molecule is CCN(C(=O)c1csc(CN)n1)c1ccc(F)cc1. The van der Waals surface area contributed by atoms with Crippen molar-refractivity contribution in [3.8, 4) is 0 Å². The molecule has 1 amide bonds. The average molecular weight is 279 g/mol. The van der Waals surface area contributed by atoms with Crippen LogP contribution in [0.15, 0.2) is 29.6 Å². The van der Waals surface area contributed by atoms with E-state index < -0.39 is 0 Å². The van der Waals surface area contributed by atoms with Crippen molar-refractivity contribution in [1.29, 1.82) is 0 Å². The van der Waals surface area contributed by atoms with Crippen molar-refractivity contribution in [1.82, 2.24) is 4.98 Å². The van der Waals surface area contributed by atoms with Crippen molar-refractivity contribution < 1.29 is 9.18 Å². The Balaban J connectivity index is 2.26. The number of hydrogen-bond acceptors (Lipinski definition) is 4. The molecule has 2 aromatic rings. The summed E-state index contributed by atoms with van der Waals surface area (Å²) in [5.74, 6) is -0.531. The first kappa shape index (κ1) is 13.6. The molecule has 0 atom stereocenters. The zero-order chi connectivity index (χ0) is 13.8. The summed E-state index contributed by atoms with van der Waals surface area (Å²) in [5.41, 5.74) is 6.50. The Labute approximate surface area is 114 Å². The topological polar surface area (TPSA) is 59.2 Å². The molecule has 0 saturated heterocycles. The fourth-order valence-corrected chi connectivity index (χ4v) is 2.35. The van der Waals surface area contributed by atoms with Gasteiger partial charge in [0.05, 0.1) is 0 Å². The number of nitrogens with zero attached hydrogens (tertiary/aromatic N) is 2. The maximum absolute atomic E-state index is 12.9. The molecule has 1 heterocycles. The van der Waals surface area contributed by atoms with E-state index in [0.717, 1.165) is 5.01 Å². The maximum atomic E-state index is 12.9. The molecule has 6 heteroatoms. The minimum Gasteiger partial charge on any atom is -0.325 e. The van der Waals surface area contributed by atoms with Gasteiger partial charge in [0.15, 0.2) is 0 Å². The number of carbonyl (C=O) groups excluding carboxylic acids is 1. The molecule has 0 aliphatic carbocycles. The third-order valence-corrected chi connectivity index (χ3v) is 3.52. The number of carbonyl (C=O) groups is 1. The quantitative estimate of drug-likeness (QED) is 0.935. The number of anilines is 1. The van der Waals surface area contributed by atoms with Gasteiger partial charge in [-0.15, -0.1) is 11.3 Å². The first-order valence-electron chi connectivity index (χ1n) is 5.87. The fourth-order valence-electron chi connectivity index (χ4n) is 1.71. The zero-order valence-electron chi connectivity index (χ0n) is 10.5. The third-order valence-electron chi connectivity index (χ3n) is 2.65. The van der Waals surface area contributed by atoms with Crippen molar-refractivity contribution in [2.24, 2.45) is 5.73 Å². The molecule has 2 rings (SSSR count). The lowest BCUT2D eigenvalue weighted by Gasteiger charge is -2.19. The number of halogens is 1. The van der Waals surface area contributed by atoms with Crippen LogP contribution in [-0.4, -0.2) is 17.4 Å². The molecule has 4 nitrogen and oxygen atoms in total. The molecule has 0 radical (unpaired) electrons. The molecule has 0 aliphatic rings. The third kappa shape index (κ3) is 2.97. The van der Waals surface area contributed by atoms with Crippen LogP contribution in [-0.2, 0) is 6.54 Å². The van der Waals surface area contributed by atoms with Crippen LogP contribution in [0.2, 0.25) is 0 Å². The van der Waals surface area contributed by atoms with Crippen LogP contribution in [0.25, 0.3) is 0 Å². The Morgan fingerprint density at radius 1 is 1.42 bits per heavy atom. The number of nitrogens with two attached hydrogens (primary N) is 1. The monoisotopic (exact) mass is 279 g/mol. The van der Waals surface area contributed by atoms with E-state index in [2.05, 4.69) is 4.98 Å². The molecule has 2 N–H and O–H groups in total. The Morgan fingerprint density at radius 2 is 2.11 bits per heavy atom. The van der Waals surface area contributed by atoms with Crippen molar-refractivity contribution in [2.45, 2.75) is 13.5 Å². The van der Waals surface area contributed by atoms with Gasteiger partial charge < -0.3 is 10.6 Å². The van der Waals surface area contributed by atoms with Gasteiger partial charge in [0.1, 0.15) is 16.5 Å². The molecule has 0 aliphatic heterocycles. The standard InChI is InChI=1S/C13H14FN3OS/c1-2-17(10-5-3-9(14)4-6-10)13(18)11-8-19-12(7-15)16-11/h3-6,8H,2,7,15H2,1H3. The van der Waals surface area contributed by atoms with E-state index in [-0.39, 0.29) is 11.7 Å². The molecule has 0 saturated carbocycles. The first-order chi connectivity index (χ1) is 9.15. The van der Waals surface area contributed by atoms with Crippen LogP contribution < -0.4 is 10.6 Å². The minimum atomic E-state index is -0.327. The van der Waals surface area contributed by atoms with Crippen molar-refractivity contribution in [3.05, 3.63) is 46.2 Å². The van der Waals surface area contributed by atoms with Gasteiger partial charge in [-0.05, 0) is 31.2 Å². The first-order valence-corrected chi connectivity index (χ1v) is 6.75. The molecule has 0 unspecified atom stereocenters. The molecule has 1 aromatic carbocycles. The van der Waals surface area contributed by atoms with E-state index in [1.54, 1.807) is 22.4 Å². The summed E-state index contributed by atoms with van der Waals surface area (Å²) in [6, 6.07) is 5.81. The molecule has 0 fully saturated rings. The second-order valence-corrected chi connectivity index (χ2v) is 4.80. The highest BCUT2D eigenvalue weighted by atomic mass is 32.1. The van der Waals surface area contributed by atoms with E-state index in [9.17, 15) is 9.18 Å². The summed E-state index contributed by atoms with van der Waals surface area (Å²) in [7, 11) is 0. The normalized spacial score (nSPS) is 10.5. The number of thiazole rings is 1. The van der Waals surface area contributed by atoms with Crippen LogP contribution in [0, 0.1) is 5.82 Å². The highest BCUT2D eigenvalue weighted by Gasteiger charge is 2.18. The minimum absolute atomic E-state index is 0.204. The zero-order valence-corrected chi connectivity index (χ0v) is 11.3. The van der Waals surface area contributed by atoms with E-state index in [1.165, 1.54) is 23.5 Å². The Morgan fingerprint density at radius 3 is 2.63 bits per heavy atom. The Kier molecular flexibility index (Phi) is 4.24. The van der Waals surface area contributed by atoms with Crippen LogP contribution in [0.1, 0.15) is 22.4 Å². The summed E-state index contributed by atoms with van der Waals surface area (Å²) in [6.45, 7) is 2.66. The second kappa shape index (κ2) is 5.90. The Bertz CT molecular complexity index is 568. The highest BCUT2D eigenvalue weighted by Crippen LogP contribution is 2.18. The van der Waals surface area contributed by atoms with E-state index in [0.29, 0.717) is 24.5 Å². The van der Waals surface area contributed by atoms with E-state index in [4.69, 9.17) is 5.73 Å². The largest absolute Gasteiger partial charge is 0.325 e. The number of rotatable bonds is 4. The summed E-state index contributed by atoms with van der Waals surface area (Å²) in [5, 5.41) is 2.41. The molecule has 0 spiro atoms. The fraction of sp³-hybridized carbons (Fsp3) is 0.231. The maximum Gasteiger partial charge on any atom is 0.277 e. The molecule has 19 heavy (non-hydrogen) atoms. The summed E-state index contributed by atoms with van der Waals surface area (Å²) < 4.78 is 12.9. The van der Waals surface area contributed by atoms with Gasteiger partial charge in [-0.25, -0.2) is 9.37 Å². The molecule has 1 aromatic heterocycles. The van der Waals surface area contributed by atoms with Crippen LogP contribution in [0.5, 0.6) is 0 Å². The van der Waals surface area contributed by atoms with Crippen LogP contribution in [0.4, 0.5) is 10.1 Å².